The van der Waals surface area contributed by atoms with E-state index in [-0.39, 0.29) is 18.3 Å². The molecule has 9 nitrogen and oxygen atoms in total. The number of carboxylic acid groups (broad SMARTS) is 1. The van der Waals surface area contributed by atoms with E-state index in [0.717, 1.165) is 22.3 Å². The molecule has 1 amide bonds. The van der Waals surface area contributed by atoms with Crippen molar-refractivity contribution in [2.24, 2.45) is 7.05 Å². The summed E-state index contributed by atoms with van der Waals surface area (Å²) in [4.78, 5) is 25.2. The van der Waals surface area contributed by atoms with Crippen LogP contribution in [0.5, 0.6) is 0 Å². The van der Waals surface area contributed by atoms with Crippen LogP contribution in [0.4, 0.5) is 4.79 Å². The smallest absolute Gasteiger partial charge is 0.407 e. The Balaban J connectivity index is 1.34. The van der Waals surface area contributed by atoms with E-state index in [4.69, 9.17) is 4.74 Å². The van der Waals surface area contributed by atoms with Gasteiger partial charge in [0.25, 0.3) is 0 Å². The van der Waals surface area contributed by atoms with Crippen LogP contribution in [0.3, 0.4) is 0 Å². The molecule has 10 heteroatoms. The molecular formula is C21H21N5O4S. The number of nitrogens with one attached hydrogen (secondary N) is 1. The van der Waals surface area contributed by atoms with Crippen LogP contribution in [0.15, 0.2) is 48.5 Å². The Labute approximate surface area is 182 Å². The molecule has 3 aromatic rings. The number of fused-ring (bicyclic) bond motifs is 3. The molecule has 0 radical (unpaired) electrons. The molecule has 1 atom stereocenters. The molecule has 1 aromatic heterocycles. The summed E-state index contributed by atoms with van der Waals surface area (Å²) in [5.41, 5.74) is 4.45. The molecule has 0 fully saturated rings. The number of carbonyl (C=O) groups excluding carboxylic acids is 1. The van der Waals surface area contributed by atoms with Gasteiger partial charge in [0.2, 0.25) is 0 Å². The average Bonchev–Trinajstić information content (AvgIpc) is 3.32. The summed E-state index contributed by atoms with van der Waals surface area (Å²) in [5.74, 6) is -0.175. The predicted octanol–water partition coefficient (Wildman–Crippen LogP) is 2.44. The molecule has 4 rings (SSSR count). The van der Waals surface area contributed by atoms with Gasteiger partial charge in [-0.2, -0.15) is 16.6 Å². The molecule has 1 unspecified atom stereocenters. The van der Waals surface area contributed by atoms with E-state index in [1.165, 1.54) is 16.6 Å². The third-order valence-corrected chi connectivity index (χ3v) is 6.03. The van der Waals surface area contributed by atoms with Crippen LogP contribution in [-0.2, 0) is 22.3 Å². The zero-order valence-corrected chi connectivity index (χ0v) is 17.6. The number of aryl methyl sites for hydroxylation is 1. The Kier molecular flexibility index (Phi) is 6.17. The van der Waals surface area contributed by atoms with Gasteiger partial charge in [-0.1, -0.05) is 48.5 Å². The van der Waals surface area contributed by atoms with E-state index in [2.05, 4.69) is 32.9 Å². The third-order valence-electron chi connectivity index (χ3n) is 5.00. The lowest BCUT2D eigenvalue weighted by Gasteiger charge is -2.17. The maximum atomic E-state index is 12.3. The predicted molar refractivity (Wildman–Crippen MR) is 115 cm³/mol. The minimum Gasteiger partial charge on any atom is -0.480 e. The van der Waals surface area contributed by atoms with Gasteiger partial charge in [-0.15, -0.1) is 10.2 Å². The second-order valence-corrected chi connectivity index (χ2v) is 8.10. The number of carboxylic acids is 1. The molecule has 0 saturated carbocycles. The molecule has 0 saturated heterocycles. The van der Waals surface area contributed by atoms with Crippen molar-refractivity contribution in [2.45, 2.75) is 17.7 Å². The SMILES string of the molecule is Cn1nnc(CSCC(NC(=O)OCC2c3ccccc3-c3ccccc32)C(=O)O)n1. The molecule has 31 heavy (non-hydrogen) atoms. The zero-order valence-electron chi connectivity index (χ0n) is 16.8. The Morgan fingerprint density at radius 3 is 2.39 bits per heavy atom. The van der Waals surface area contributed by atoms with Gasteiger partial charge in [-0.05, 0) is 27.5 Å². The number of aliphatic carboxylic acids is 1. The highest BCUT2D eigenvalue weighted by molar-refractivity contribution is 7.98. The van der Waals surface area contributed by atoms with E-state index < -0.39 is 18.1 Å². The van der Waals surface area contributed by atoms with Crippen LogP contribution in [0.2, 0.25) is 0 Å². The highest BCUT2D eigenvalue weighted by Crippen LogP contribution is 2.44. The highest BCUT2D eigenvalue weighted by atomic mass is 32.2. The van der Waals surface area contributed by atoms with Crippen LogP contribution in [-0.4, -0.2) is 55.8 Å². The van der Waals surface area contributed by atoms with Gasteiger partial charge in [0.15, 0.2) is 5.82 Å². The van der Waals surface area contributed by atoms with Crippen LogP contribution in [0.1, 0.15) is 22.9 Å². The molecule has 1 aliphatic rings. The number of alkyl carbamates (subject to hydrolysis) is 1. The molecule has 1 heterocycles. The molecule has 2 aromatic carbocycles. The van der Waals surface area contributed by atoms with E-state index in [1.807, 2.05) is 36.4 Å². The maximum absolute atomic E-state index is 12.3. The number of thioether (sulfide) groups is 1. The summed E-state index contributed by atoms with van der Waals surface area (Å²) < 4.78 is 5.43. The summed E-state index contributed by atoms with van der Waals surface area (Å²) in [6.07, 6.45) is -0.757. The van der Waals surface area contributed by atoms with E-state index in [9.17, 15) is 14.7 Å². The highest BCUT2D eigenvalue weighted by Gasteiger charge is 2.29. The van der Waals surface area contributed by atoms with Gasteiger partial charge in [-0.25, -0.2) is 9.59 Å². The van der Waals surface area contributed by atoms with Gasteiger partial charge < -0.3 is 15.2 Å². The number of hydrogen-bond donors (Lipinski definition) is 2. The number of ether oxygens (including phenoxy) is 1. The summed E-state index contributed by atoms with van der Waals surface area (Å²) in [5, 5.41) is 23.5. The van der Waals surface area contributed by atoms with Crippen molar-refractivity contribution in [1.29, 1.82) is 0 Å². The van der Waals surface area contributed by atoms with Gasteiger partial charge >= 0.3 is 12.1 Å². The van der Waals surface area contributed by atoms with Gasteiger partial charge in [0.1, 0.15) is 12.6 Å². The first-order chi connectivity index (χ1) is 15.0. The van der Waals surface area contributed by atoms with Crippen molar-refractivity contribution in [2.75, 3.05) is 12.4 Å². The van der Waals surface area contributed by atoms with Crippen LogP contribution >= 0.6 is 11.8 Å². The minimum atomic E-state index is -1.13. The summed E-state index contributed by atoms with van der Waals surface area (Å²) >= 11 is 1.29. The van der Waals surface area contributed by atoms with Crippen molar-refractivity contribution >= 4 is 23.8 Å². The monoisotopic (exact) mass is 439 g/mol. The van der Waals surface area contributed by atoms with Crippen LogP contribution in [0, 0.1) is 0 Å². The average molecular weight is 439 g/mol. The number of aromatic nitrogens is 4. The van der Waals surface area contributed by atoms with Crippen molar-refractivity contribution in [3.63, 3.8) is 0 Å². The number of tetrazole rings is 1. The van der Waals surface area contributed by atoms with Crippen LogP contribution in [0.25, 0.3) is 11.1 Å². The molecule has 0 bridgehead atoms. The lowest BCUT2D eigenvalue weighted by molar-refractivity contribution is -0.138. The second-order valence-electron chi connectivity index (χ2n) is 7.07. The largest absolute Gasteiger partial charge is 0.480 e. The molecular weight excluding hydrogens is 418 g/mol. The lowest BCUT2D eigenvalue weighted by atomic mass is 9.98. The van der Waals surface area contributed by atoms with Gasteiger partial charge in [-0.3, -0.25) is 0 Å². The number of nitrogens with zero attached hydrogens (tertiary/aromatic N) is 4. The third kappa shape index (κ3) is 4.69. The van der Waals surface area contributed by atoms with Crippen molar-refractivity contribution in [1.82, 2.24) is 25.5 Å². The lowest BCUT2D eigenvalue weighted by Crippen LogP contribution is -2.43. The molecule has 1 aliphatic carbocycles. The number of carbonyl (C=O) groups is 2. The first-order valence-corrected chi connectivity index (χ1v) is 10.8. The zero-order chi connectivity index (χ0) is 21.8. The number of hydrogen-bond acceptors (Lipinski definition) is 7. The van der Waals surface area contributed by atoms with Crippen molar-refractivity contribution < 1.29 is 19.4 Å². The van der Waals surface area contributed by atoms with Crippen molar-refractivity contribution in [3.05, 3.63) is 65.5 Å². The summed E-state index contributed by atoms with van der Waals surface area (Å²) in [6.45, 7) is 0.128. The quantitative estimate of drug-likeness (QED) is 0.549. The Morgan fingerprint density at radius 1 is 1.16 bits per heavy atom. The Hall–Kier alpha value is -3.40. The molecule has 2 N–H and O–H groups in total. The van der Waals surface area contributed by atoms with Gasteiger partial charge in [0, 0.05) is 11.7 Å². The molecule has 160 valence electrons. The van der Waals surface area contributed by atoms with Crippen LogP contribution < -0.4 is 5.32 Å². The van der Waals surface area contributed by atoms with Crippen molar-refractivity contribution in [3.8, 4) is 11.1 Å². The van der Waals surface area contributed by atoms with E-state index in [0.29, 0.717) is 11.6 Å². The maximum Gasteiger partial charge on any atom is 0.407 e. The Bertz CT molecular complexity index is 1060. The summed E-state index contributed by atoms with van der Waals surface area (Å²) in [6, 6.07) is 15.0. The Morgan fingerprint density at radius 2 is 1.81 bits per heavy atom. The summed E-state index contributed by atoms with van der Waals surface area (Å²) in [7, 11) is 1.65. The number of rotatable bonds is 8. The first-order valence-electron chi connectivity index (χ1n) is 9.68. The van der Waals surface area contributed by atoms with Gasteiger partial charge in [0.05, 0.1) is 12.8 Å². The fourth-order valence-electron chi connectivity index (χ4n) is 3.61. The topological polar surface area (TPSA) is 119 Å². The fourth-order valence-corrected chi connectivity index (χ4v) is 4.48. The fraction of sp³-hybridized carbons (Fsp3) is 0.286. The molecule has 0 spiro atoms. The number of benzene rings is 2. The molecule has 0 aliphatic heterocycles. The standard InChI is InChI=1S/C21H21N5O4S/c1-26-24-19(23-25-26)12-31-11-18(20(27)28)22-21(29)30-10-17-15-8-4-2-6-13(15)14-7-3-5-9-16(14)17/h2-9,17-18H,10-12H2,1H3,(H,22,29)(H,27,28). The first kappa shape index (κ1) is 20.9. The van der Waals surface area contributed by atoms with E-state index >= 15 is 0 Å². The minimum absolute atomic E-state index is 0.0847. The normalized spacial score (nSPS) is 13.3. The van der Waals surface area contributed by atoms with E-state index in [1.54, 1.807) is 7.05 Å². The number of amides is 1. The second kappa shape index (κ2) is 9.17.